The molecule has 10 nitrogen and oxygen atoms in total. The van der Waals surface area contributed by atoms with Crippen molar-refractivity contribution in [3.05, 3.63) is 11.1 Å². The van der Waals surface area contributed by atoms with E-state index >= 15 is 0 Å². The number of anilines is 1. The number of fused-ring (bicyclic) bond motifs is 2. The predicted molar refractivity (Wildman–Crippen MR) is 118 cm³/mol. The number of nitrogens with two attached hydrogens (primary N) is 1. The molecule has 2 fully saturated rings. The molecule has 0 spiro atoms. The van der Waals surface area contributed by atoms with Gasteiger partial charge in [-0.25, -0.2) is 19.5 Å². The summed E-state index contributed by atoms with van der Waals surface area (Å²) < 4.78 is 38.3. The predicted octanol–water partition coefficient (Wildman–Crippen LogP) is 4.22. The van der Waals surface area contributed by atoms with E-state index in [9.17, 15) is 4.57 Å². The lowest BCUT2D eigenvalue weighted by Gasteiger charge is -2.41. The van der Waals surface area contributed by atoms with Crippen LogP contribution in [0.25, 0.3) is 11.2 Å². The molecular formula is C16H24BrClN5O5PSi. The summed E-state index contributed by atoms with van der Waals surface area (Å²) in [6.07, 6.45) is -1.13. The smallest absolute Gasteiger partial charge is 0.407 e. The van der Waals surface area contributed by atoms with Crippen molar-refractivity contribution in [1.82, 2.24) is 19.5 Å². The molecular weight excluding hydrogens is 517 g/mol. The topological polar surface area (TPSA) is 124 Å². The summed E-state index contributed by atoms with van der Waals surface area (Å²) in [4.78, 5) is 12.8. The molecule has 2 N–H and O–H groups in total. The van der Waals surface area contributed by atoms with Crippen molar-refractivity contribution < 1.29 is 22.8 Å². The van der Waals surface area contributed by atoms with E-state index in [-0.39, 0.29) is 17.5 Å². The van der Waals surface area contributed by atoms with E-state index < -0.39 is 39.8 Å². The quantitative estimate of drug-likeness (QED) is 0.346. The molecule has 2 aromatic heterocycles. The molecule has 3 unspecified atom stereocenters. The van der Waals surface area contributed by atoms with Crippen LogP contribution in [0, 0.1) is 0 Å². The molecule has 2 aromatic rings. The Kier molecular flexibility index (Phi) is 5.63. The van der Waals surface area contributed by atoms with Gasteiger partial charge in [-0.15, -0.1) is 0 Å². The lowest BCUT2D eigenvalue weighted by atomic mass is 10.1. The molecule has 0 aliphatic carbocycles. The lowest BCUT2D eigenvalue weighted by molar-refractivity contribution is -0.0567. The summed E-state index contributed by atoms with van der Waals surface area (Å²) in [5.74, 6) is 0.251. The van der Waals surface area contributed by atoms with E-state index in [1.54, 1.807) is 4.57 Å². The van der Waals surface area contributed by atoms with E-state index in [4.69, 9.17) is 35.2 Å². The van der Waals surface area contributed by atoms with Crippen LogP contribution in [0.1, 0.15) is 27.0 Å². The van der Waals surface area contributed by atoms with Crippen molar-refractivity contribution in [1.29, 1.82) is 0 Å². The largest absolute Gasteiger partial charge is 0.424 e. The Balaban J connectivity index is 1.81. The number of halogens is 2. The molecule has 14 heteroatoms. The summed E-state index contributed by atoms with van der Waals surface area (Å²) in [5, 5.41) is -0.0771. The number of imidazole rings is 1. The van der Waals surface area contributed by atoms with Gasteiger partial charge >= 0.3 is 6.95 Å². The number of hydrogen-bond donors (Lipinski definition) is 1. The standard InChI is InChI=1S/C16H24BrClN5O5PSi/c1-16(2,3)30(4,5)28-11-10-8(6-25-29(18,24)27-10)26-14(11)23-13-9(22-15(23)17)12(19)20-7-21-13/h7-8,10-11,14H,6H2,1-5H3,(H2,19,20,21)/t8?,10?,11-,14+,29?/m0/s1. The third-order valence-corrected chi connectivity index (χ3v) is 12.4. The van der Waals surface area contributed by atoms with E-state index in [1.165, 1.54) is 6.33 Å². The van der Waals surface area contributed by atoms with Gasteiger partial charge < -0.3 is 14.9 Å². The second-order valence-corrected chi connectivity index (χ2v) is 16.9. The molecule has 2 aliphatic rings. The van der Waals surface area contributed by atoms with Gasteiger partial charge in [-0.1, -0.05) is 20.8 Å². The van der Waals surface area contributed by atoms with Crippen molar-refractivity contribution in [3.8, 4) is 0 Å². The highest BCUT2D eigenvalue weighted by atomic mass is 79.9. The molecule has 2 aliphatic heterocycles. The molecule has 2 saturated heterocycles. The highest BCUT2D eigenvalue weighted by Crippen LogP contribution is 2.60. The number of rotatable bonds is 3. The Morgan fingerprint density at radius 2 is 2.10 bits per heavy atom. The van der Waals surface area contributed by atoms with Crippen molar-refractivity contribution >= 4 is 59.4 Å². The van der Waals surface area contributed by atoms with Crippen LogP contribution in [-0.2, 0) is 22.8 Å². The number of ether oxygens (including phenoxy) is 1. The van der Waals surface area contributed by atoms with Crippen LogP contribution in [-0.4, -0.2) is 52.8 Å². The Labute approximate surface area is 188 Å². The Morgan fingerprint density at radius 3 is 2.77 bits per heavy atom. The number of hydrogen-bond acceptors (Lipinski definition) is 9. The van der Waals surface area contributed by atoms with Crippen LogP contribution in [0.4, 0.5) is 5.82 Å². The minimum Gasteiger partial charge on any atom is -0.407 e. The second-order valence-electron chi connectivity index (χ2n) is 8.89. The fraction of sp³-hybridized carbons (Fsp3) is 0.688. The van der Waals surface area contributed by atoms with E-state index in [2.05, 4.69) is 64.7 Å². The fourth-order valence-corrected chi connectivity index (χ4v) is 6.49. The second kappa shape index (κ2) is 7.48. The monoisotopic (exact) mass is 539 g/mol. The summed E-state index contributed by atoms with van der Waals surface area (Å²) in [7, 11) is -2.28. The van der Waals surface area contributed by atoms with Crippen molar-refractivity contribution in [2.24, 2.45) is 0 Å². The van der Waals surface area contributed by atoms with Crippen LogP contribution in [0.2, 0.25) is 18.1 Å². The first-order valence-electron chi connectivity index (χ1n) is 9.40. The zero-order chi connectivity index (χ0) is 22.1. The number of nitrogens with zero attached hydrogens (tertiary/aromatic N) is 4. The molecule has 0 saturated carbocycles. The molecule has 0 radical (unpaired) electrons. The van der Waals surface area contributed by atoms with Gasteiger partial charge in [0.15, 0.2) is 36.3 Å². The van der Waals surface area contributed by atoms with E-state index in [1.807, 2.05) is 0 Å². The molecule has 30 heavy (non-hydrogen) atoms. The third kappa shape index (κ3) is 3.86. The molecule has 5 atom stereocenters. The number of aromatic nitrogens is 4. The van der Waals surface area contributed by atoms with Gasteiger partial charge in [0.2, 0.25) is 0 Å². The molecule has 0 amide bonds. The first-order valence-corrected chi connectivity index (χ1v) is 15.6. The third-order valence-electron chi connectivity index (χ3n) is 5.88. The SMILES string of the molecule is CC(C)(C)[Si](C)(C)O[C@H]1C2OP(=O)(Cl)OCC2O[C@H]1n1c(Br)nc2c(N)ncnc21. The van der Waals surface area contributed by atoms with E-state index in [0.717, 1.165) is 0 Å². The highest BCUT2D eigenvalue weighted by Gasteiger charge is 2.56. The fourth-order valence-electron chi connectivity index (χ4n) is 3.28. The lowest BCUT2D eigenvalue weighted by Crippen LogP contribution is -2.50. The maximum absolute atomic E-state index is 12.4. The molecule has 166 valence electrons. The van der Waals surface area contributed by atoms with Crippen molar-refractivity contribution in [2.75, 3.05) is 12.3 Å². The Morgan fingerprint density at radius 1 is 1.40 bits per heavy atom. The van der Waals surface area contributed by atoms with Crippen LogP contribution in [0.15, 0.2) is 11.1 Å². The van der Waals surface area contributed by atoms with Gasteiger partial charge in [0.05, 0.1) is 6.61 Å². The normalized spacial score (nSPS) is 32.5. The summed E-state index contributed by atoms with van der Waals surface area (Å²) >= 11 is 9.40. The van der Waals surface area contributed by atoms with Crippen LogP contribution >= 0.6 is 34.1 Å². The van der Waals surface area contributed by atoms with Gasteiger partial charge in [0.1, 0.15) is 24.6 Å². The summed E-state index contributed by atoms with van der Waals surface area (Å²) in [6, 6.07) is 0. The first kappa shape index (κ1) is 22.6. The Hall–Kier alpha value is -0.593. The zero-order valence-corrected chi connectivity index (χ0v) is 21.4. The first-order chi connectivity index (χ1) is 13.8. The molecule has 0 aromatic carbocycles. The van der Waals surface area contributed by atoms with Gasteiger partial charge in [0.25, 0.3) is 0 Å². The minimum absolute atomic E-state index is 0.0285. The van der Waals surface area contributed by atoms with Crippen LogP contribution in [0.3, 0.4) is 0 Å². The molecule has 4 heterocycles. The average molecular weight is 541 g/mol. The van der Waals surface area contributed by atoms with Crippen LogP contribution < -0.4 is 5.73 Å². The van der Waals surface area contributed by atoms with Gasteiger partial charge in [-0.3, -0.25) is 13.6 Å². The maximum Gasteiger partial charge on any atom is 0.424 e. The van der Waals surface area contributed by atoms with Gasteiger partial charge in [0, 0.05) is 11.2 Å². The molecule has 0 bridgehead atoms. The maximum atomic E-state index is 12.4. The number of nitrogen functional groups attached to an aromatic ring is 1. The minimum atomic E-state index is -3.73. The summed E-state index contributed by atoms with van der Waals surface area (Å²) in [5.41, 5.74) is 6.89. The van der Waals surface area contributed by atoms with Crippen LogP contribution in [0.5, 0.6) is 0 Å². The zero-order valence-electron chi connectivity index (χ0n) is 17.2. The van der Waals surface area contributed by atoms with Gasteiger partial charge in [-0.2, -0.15) is 0 Å². The van der Waals surface area contributed by atoms with E-state index in [0.29, 0.717) is 15.9 Å². The average Bonchev–Trinajstić information content (AvgIpc) is 3.11. The van der Waals surface area contributed by atoms with Gasteiger partial charge in [-0.05, 0) is 34.1 Å². The highest BCUT2D eigenvalue weighted by molar-refractivity contribution is 9.10. The van der Waals surface area contributed by atoms with Crippen molar-refractivity contribution in [2.45, 2.75) is 63.4 Å². The summed E-state index contributed by atoms with van der Waals surface area (Å²) in [6.45, 7) is 6.95. The Bertz CT molecular complexity index is 1030. The van der Waals surface area contributed by atoms with Crippen molar-refractivity contribution in [3.63, 3.8) is 0 Å². The molecule has 4 rings (SSSR count).